The fraction of sp³-hybridized carbons (Fsp3) is 0.286. The molecule has 154 valence electrons. The average Bonchev–Trinajstić information content (AvgIpc) is 2.73. The third kappa shape index (κ3) is 7.82. The van der Waals surface area contributed by atoms with Crippen LogP contribution in [-0.2, 0) is 27.3 Å². The van der Waals surface area contributed by atoms with E-state index in [1.54, 1.807) is 6.92 Å². The first-order valence-electron chi connectivity index (χ1n) is 9.25. The molecule has 3 amide bonds. The van der Waals surface area contributed by atoms with E-state index in [2.05, 4.69) is 38.5 Å². The normalized spacial score (nSPS) is 12.5. The molecule has 0 bridgehead atoms. The quantitative estimate of drug-likeness (QED) is 0.380. The molecule has 0 aliphatic rings. The van der Waals surface area contributed by atoms with Crippen molar-refractivity contribution in [3.63, 3.8) is 0 Å². The predicted octanol–water partition coefficient (Wildman–Crippen LogP) is 1.10. The topological polar surface area (TPSA) is 113 Å². The lowest BCUT2D eigenvalue weighted by Crippen LogP contribution is -2.54. The predicted molar refractivity (Wildman–Crippen MR) is 120 cm³/mol. The van der Waals surface area contributed by atoms with Gasteiger partial charge >= 0.3 is 0 Å². The van der Waals surface area contributed by atoms with E-state index < -0.39 is 23.9 Å². The maximum atomic E-state index is 12.8. The molecule has 0 spiro atoms. The van der Waals surface area contributed by atoms with Gasteiger partial charge in [-0.3, -0.25) is 14.4 Å². The van der Waals surface area contributed by atoms with E-state index in [9.17, 15) is 14.4 Å². The van der Waals surface area contributed by atoms with Gasteiger partial charge in [-0.25, -0.2) is 0 Å². The summed E-state index contributed by atoms with van der Waals surface area (Å²) in [6, 6.07) is 15.7. The highest BCUT2D eigenvalue weighted by Crippen LogP contribution is 2.08. The molecule has 8 heteroatoms. The highest BCUT2D eigenvalue weighted by Gasteiger charge is 2.24. The van der Waals surface area contributed by atoms with Gasteiger partial charge in [-0.2, -0.15) is 0 Å². The molecule has 0 heterocycles. The molecule has 7 nitrogen and oxygen atoms in total. The number of carbonyl (C=O) groups is 3. The molecule has 2 aromatic rings. The van der Waals surface area contributed by atoms with Gasteiger partial charge in [-0.05, 0) is 52.8 Å². The molecule has 0 saturated heterocycles. The molecule has 0 aliphatic heterocycles. The molecule has 0 unspecified atom stereocenters. The highest BCUT2D eigenvalue weighted by atomic mass is 127. The van der Waals surface area contributed by atoms with Gasteiger partial charge in [0.15, 0.2) is 0 Å². The van der Waals surface area contributed by atoms with Gasteiger partial charge in [0, 0.05) is 16.5 Å². The van der Waals surface area contributed by atoms with E-state index in [-0.39, 0.29) is 12.5 Å². The lowest BCUT2D eigenvalue weighted by atomic mass is 10.0. The summed E-state index contributed by atoms with van der Waals surface area (Å²) in [4.78, 5) is 36.7. The van der Waals surface area contributed by atoms with Gasteiger partial charge in [0.2, 0.25) is 17.7 Å². The summed E-state index contributed by atoms with van der Waals surface area (Å²) in [5.41, 5.74) is 7.15. The van der Waals surface area contributed by atoms with Crippen LogP contribution in [0.25, 0.3) is 0 Å². The van der Waals surface area contributed by atoms with Crippen molar-refractivity contribution >= 4 is 40.3 Å². The number of hydrogen-bond acceptors (Lipinski definition) is 4. The Kier molecular flexibility index (Phi) is 9.07. The molecular weight excluding hydrogens is 483 g/mol. The van der Waals surface area contributed by atoms with Crippen molar-refractivity contribution in [2.45, 2.75) is 32.0 Å². The Morgan fingerprint density at radius 1 is 0.931 bits per heavy atom. The second kappa shape index (κ2) is 11.5. The van der Waals surface area contributed by atoms with E-state index >= 15 is 0 Å². The third-order valence-electron chi connectivity index (χ3n) is 4.25. The average molecular weight is 508 g/mol. The summed E-state index contributed by atoms with van der Waals surface area (Å²) >= 11 is 2.22. The van der Waals surface area contributed by atoms with Gasteiger partial charge in [0.25, 0.3) is 0 Å². The summed E-state index contributed by atoms with van der Waals surface area (Å²) < 4.78 is 1.11. The highest BCUT2D eigenvalue weighted by molar-refractivity contribution is 14.1. The second-order valence-electron chi connectivity index (χ2n) is 6.59. The maximum absolute atomic E-state index is 12.8. The number of amides is 3. The van der Waals surface area contributed by atoms with Crippen molar-refractivity contribution in [3.05, 3.63) is 69.3 Å². The zero-order valence-corrected chi connectivity index (χ0v) is 18.3. The second-order valence-corrected chi connectivity index (χ2v) is 7.83. The molecular formula is C21H25IN4O3. The Morgan fingerprint density at radius 3 is 2.21 bits per heavy atom. The molecule has 2 rings (SSSR count). The van der Waals surface area contributed by atoms with Crippen LogP contribution in [0.1, 0.15) is 18.1 Å². The zero-order chi connectivity index (χ0) is 21.2. The lowest BCUT2D eigenvalue weighted by Gasteiger charge is -2.21. The Hall–Kier alpha value is -2.46. The van der Waals surface area contributed by atoms with Crippen LogP contribution in [0.2, 0.25) is 0 Å². The van der Waals surface area contributed by atoms with Crippen molar-refractivity contribution in [2.24, 2.45) is 5.73 Å². The minimum atomic E-state index is -0.798. The summed E-state index contributed by atoms with van der Waals surface area (Å²) in [6.07, 6.45) is 0.336. The van der Waals surface area contributed by atoms with Crippen LogP contribution in [0.5, 0.6) is 0 Å². The minimum absolute atomic E-state index is 0.207. The molecule has 0 radical (unpaired) electrons. The fourth-order valence-electron chi connectivity index (χ4n) is 2.64. The fourth-order valence-corrected chi connectivity index (χ4v) is 3.00. The van der Waals surface area contributed by atoms with Gasteiger partial charge in [-0.15, -0.1) is 0 Å². The molecule has 0 aromatic heterocycles. The first-order chi connectivity index (χ1) is 13.9. The first-order valence-corrected chi connectivity index (χ1v) is 10.3. The molecule has 0 saturated carbocycles. The minimum Gasteiger partial charge on any atom is -0.350 e. The number of carbonyl (C=O) groups excluding carboxylic acids is 3. The number of nitrogens with one attached hydrogen (secondary N) is 3. The van der Waals surface area contributed by atoms with Crippen molar-refractivity contribution in [2.75, 3.05) is 6.54 Å². The molecule has 5 N–H and O–H groups in total. The molecule has 2 aromatic carbocycles. The van der Waals surface area contributed by atoms with Crippen molar-refractivity contribution in [1.29, 1.82) is 0 Å². The van der Waals surface area contributed by atoms with Crippen LogP contribution < -0.4 is 21.7 Å². The smallest absolute Gasteiger partial charge is 0.243 e. The number of benzene rings is 2. The summed E-state index contributed by atoms with van der Waals surface area (Å²) in [6.45, 7) is 1.70. The number of nitrogens with two attached hydrogens (primary N) is 1. The van der Waals surface area contributed by atoms with Crippen LogP contribution in [0.15, 0.2) is 54.6 Å². The molecule has 29 heavy (non-hydrogen) atoms. The van der Waals surface area contributed by atoms with Crippen molar-refractivity contribution in [3.8, 4) is 0 Å². The Bertz CT molecular complexity index is 828. The van der Waals surface area contributed by atoms with Crippen molar-refractivity contribution < 1.29 is 14.4 Å². The summed E-state index contributed by atoms with van der Waals surface area (Å²) in [7, 11) is 0. The number of hydrogen-bond donors (Lipinski definition) is 4. The summed E-state index contributed by atoms with van der Waals surface area (Å²) in [5.74, 6) is -1.18. The molecule has 0 fully saturated rings. The van der Waals surface area contributed by atoms with Gasteiger partial charge in [0.1, 0.15) is 12.1 Å². The Labute approximate surface area is 184 Å². The standard InChI is InChI=1S/C21H25IN4O3/c1-14(25-19(27)12-23)20(28)26-18(11-15-5-3-2-4-6-15)21(29)24-13-16-7-9-17(22)10-8-16/h2-10,14,18H,11-13,23H2,1H3,(H,24,29)(H,25,27)(H,26,28)/t14-,18-/m1/s1. The van der Waals surface area contributed by atoms with Crippen LogP contribution >= 0.6 is 22.6 Å². The maximum Gasteiger partial charge on any atom is 0.243 e. The number of rotatable bonds is 9. The number of halogens is 1. The van der Waals surface area contributed by atoms with Gasteiger partial charge in [-0.1, -0.05) is 42.5 Å². The first kappa shape index (κ1) is 22.8. The van der Waals surface area contributed by atoms with E-state index in [4.69, 9.17) is 5.73 Å². The van der Waals surface area contributed by atoms with E-state index in [0.29, 0.717) is 13.0 Å². The van der Waals surface area contributed by atoms with E-state index in [1.807, 2.05) is 54.6 Å². The Balaban J connectivity index is 2.04. The van der Waals surface area contributed by atoms with Crippen LogP contribution in [0.4, 0.5) is 0 Å². The molecule has 2 atom stereocenters. The summed E-state index contributed by atoms with van der Waals surface area (Å²) in [5, 5.41) is 8.10. The van der Waals surface area contributed by atoms with Crippen molar-refractivity contribution in [1.82, 2.24) is 16.0 Å². The SMILES string of the molecule is C[C@@H](NC(=O)CN)C(=O)N[C@H](Cc1ccccc1)C(=O)NCc1ccc(I)cc1. The van der Waals surface area contributed by atoms with Gasteiger partial charge in [0.05, 0.1) is 6.54 Å². The van der Waals surface area contributed by atoms with Crippen LogP contribution in [0, 0.1) is 3.57 Å². The zero-order valence-electron chi connectivity index (χ0n) is 16.2. The van der Waals surface area contributed by atoms with E-state index in [1.165, 1.54) is 0 Å². The lowest BCUT2D eigenvalue weighted by molar-refractivity contribution is -0.131. The van der Waals surface area contributed by atoms with Crippen LogP contribution in [0.3, 0.4) is 0 Å². The monoisotopic (exact) mass is 508 g/mol. The van der Waals surface area contributed by atoms with Gasteiger partial charge < -0.3 is 21.7 Å². The molecule has 0 aliphatic carbocycles. The Morgan fingerprint density at radius 2 is 1.59 bits per heavy atom. The van der Waals surface area contributed by atoms with E-state index in [0.717, 1.165) is 14.7 Å². The van der Waals surface area contributed by atoms with Crippen LogP contribution in [-0.4, -0.2) is 36.3 Å². The largest absolute Gasteiger partial charge is 0.350 e. The third-order valence-corrected chi connectivity index (χ3v) is 4.97.